The number of carbonyl (C=O) groups is 1. The molecule has 0 aliphatic carbocycles. The number of sulfonamides is 1. The normalized spacial score (nSPS) is 20.5. The van der Waals surface area contributed by atoms with E-state index in [0.29, 0.717) is 12.6 Å². The molecule has 1 aliphatic rings. The molecule has 0 saturated carbocycles. The lowest BCUT2D eigenvalue weighted by Gasteiger charge is -2.27. The number of amides is 1. The molecule has 1 heterocycles. The van der Waals surface area contributed by atoms with Crippen molar-refractivity contribution in [2.45, 2.75) is 58.0 Å². The minimum Gasteiger partial charge on any atom is -0.352 e. The average Bonchev–Trinajstić information content (AvgIpc) is 2.52. The molecule has 3 N–H and O–H groups in total. The first-order chi connectivity index (χ1) is 11.8. The van der Waals surface area contributed by atoms with E-state index in [2.05, 4.69) is 22.3 Å². The van der Waals surface area contributed by atoms with Gasteiger partial charge in [-0.1, -0.05) is 24.3 Å². The van der Waals surface area contributed by atoms with Crippen LogP contribution in [-0.2, 0) is 27.1 Å². The van der Waals surface area contributed by atoms with Crippen LogP contribution in [0.3, 0.4) is 0 Å². The van der Waals surface area contributed by atoms with Gasteiger partial charge in [-0.05, 0) is 51.3 Å². The van der Waals surface area contributed by atoms with Gasteiger partial charge in [0, 0.05) is 24.5 Å². The molecule has 148 valence electrons. The number of nitrogens with one attached hydrogen (secondary N) is 3. The highest BCUT2D eigenvalue weighted by Gasteiger charge is 2.24. The second kappa shape index (κ2) is 10.3. The molecule has 1 fully saturated rings. The Balaban J connectivity index is 0.00000338. The maximum atomic E-state index is 12.4. The first kappa shape index (κ1) is 22.9. The van der Waals surface area contributed by atoms with Gasteiger partial charge >= 0.3 is 0 Å². The smallest absolute Gasteiger partial charge is 0.223 e. The fraction of sp³-hybridized carbons (Fsp3) is 0.611. The molecule has 0 unspecified atom stereocenters. The lowest BCUT2D eigenvalue weighted by molar-refractivity contribution is -0.126. The van der Waals surface area contributed by atoms with Crippen LogP contribution in [0.15, 0.2) is 24.3 Å². The summed E-state index contributed by atoms with van der Waals surface area (Å²) in [7, 11) is -3.39. The summed E-state index contributed by atoms with van der Waals surface area (Å²) in [5.41, 5.74) is 1.56. The molecule has 1 aromatic carbocycles. The summed E-state index contributed by atoms with van der Waals surface area (Å²) in [5, 5.41) is 6.31. The minimum absolute atomic E-state index is 0. The Morgan fingerprint density at radius 2 is 1.92 bits per heavy atom. The van der Waals surface area contributed by atoms with Gasteiger partial charge in [-0.25, -0.2) is 13.1 Å². The van der Waals surface area contributed by atoms with E-state index < -0.39 is 10.0 Å². The molecule has 2 atom stereocenters. The molecule has 0 aromatic heterocycles. The Morgan fingerprint density at radius 1 is 1.27 bits per heavy atom. The Kier molecular flexibility index (Phi) is 9.03. The van der Waals surface area contributed by atoms with Gasteiger partial charge in [0.15, 0.2) is 0 Å². The number of halogens is 1. The third kappa shape index (κ3) is 7.23. The summed E-state index contributed by atoms with van der Waals surface area (Å²) < 4.78 is 27.0. The van der Waals surface area contributed by atoms with Gasteiger partial charge < -0.3 is 10.6 Å². The highest BCUT2D eigenvalue weighted by atomic mass is 35.5. The van der Waals surface area contributed by atoms with Crippen molar-refractivity contribution >= 4 is 28.3 Å². The largest absolute Gasteiger partial charge is 0.352 e. The Labute approximate surface area is 163 Å². The molecule has 1 amide bonds. The van der Waals surface area contributed by atoms with Gasteiger partial charge in [0.1, 0.15) is 0 Å². The monoisotopic (exact) mass is 403 g/mol. The van der Waals surface area contributed by atoms with Crippen molar-refractivity contribution in [3.63, 3.8) is 0 Å². The van der Waals surface area contributed by atoms with Crippen LogP contribution < -0.4 is 15.4 Å². The Hall–Kier alpha value is -1.15. The van der Waals surface area contributed by atoms with Crippen molar-refractivity contribution in [2.75, 3.05) is 6.54 Å². The zero-order chi connectivity index (χ0) is 18.4. The number of rotatable bonds is 7. The second-order valence-corrected chi connectivity index (χ2v) is 8.85. The molecule has 1 saturated heterocycles. The first-order valence-electron chi connectivity index (χ1n) is 8.84. The summed E-state index contributed by atoms with van der Waals surface area (Å²) >= 11 is 0. The third-order valence-corrected chi connectivity index (χ3v) is 5.85. The van der Waals surface area contributed by atoms with Gasteiger partial charge in [-0.2, -0.15) is 0 Å². The van der Waals surface area contributed by atoms with Gasteiger partial charge in [-0.15, -0.1) is 12.4 Å². The van der Waals surface area contributed by atoms with Crippen LogP contribution in [0.5, 0.6) is 0 Å². The maximum absolute atomic E-state index is 12.4. The van der Waals surface area contributed by atoms with Crippen molar-refractivity contribution in [2.24, 2.45) is 5.92 Å². The molecular weight excluding hydrogens is 374 g/mol. The van der Waals surface area contributed by atoms with E-state index in [-0.39, 0.29) is 36.0 Å². The lowest BCUT2D eigenvalue weighted by atomic mass is 9.92. The number of hydrogen-bond donors (Lipinski definition) is 3. The van der Waals surface area contributed by atoms with Crippen molar-refractivity contribution in [1.82, 2.24) is 15.4 Å². The molecule has 8 heteroatoms. The number of carbonyl (C=O) groups excluding carboxylic acids is 1. The molecule has 0 bridgehead atoms. The third-order valence-electron chi connectivity index (χ3n) is 4.33. The van der Waals surface area contributed by atoms with E-state index in [1.54, 1.807) is 19.9 Å². The van der Waals surface area contributed by atoms with Crippen LogP contribution in [0.25, 0.3) is 0 Å². The summed E-state index contributed by atoms with van der Waals surface area (Å²) in [5.74, 6) is -0.0113. The highest BCUT2D eigenvalue weighted by Crippen LogP contribution is 2.17. The van der Waals surface area contributed by atoms with E-state index >= 15 is 0 Å². The van der Waals surface area contributed by atoms with Crippen molar-refractivity contribution in [1.29, 1.82) is 0 Å². The van der Waals surface area contributed by atoms with Crippen LogP contribution in [0.4, 0.5) is 0 Å². The average molecular weight is 404 g/mol. The molecule has 0 spiro atoms. The summed E-state index contributed by atoms with van der Waals surface area (Å²) in [6.45, 7) is 6.88. The fourth-order valence-electron chi connectivity index (χ4n) is 3.17. The van der Waals surface area contributed by atoms with Crippen LogP contribution in [0.2, 0.25) is 0 Å². The van der Waals surface area contributed by atoms with E-state index in [1.165, 1.54) is 0 Å². The summed E-state index contributed by atoms with van der Waals surface area (Å²) in [6.07, 6.45) is 1.67. The predicted octanol–water partition coefficient (Wildman–Crippen LogP) is 1.94. The standard InChI is InChI=1S/C18H29N3O3S.ClH/c1-13(2)21-25(23,24)12-17-7-5-4-6-16(17)11-20-18(22)15-8-9-19-14(3)10-15;/h4-7,13-15,19,21H,8-12H2,1-3H3,(H,20,22);1H/t14-,15-;/m0./s1. The van der Waals surface area contributed by atoms with Crippen molar-refractivity contribution < 1.29 is 13.2 Å². The van der Waals surface area contributed by atoms with Crippen LogP contribution in [0, 0.1) is 5.92 Å². The van der Waals surface area contributed by atoms with E-state index in [4.69, 9.17) is 0 Å². The lowest BCUT2D eigenvalue weighted by Crippen LogP contribution is -2.42. The number of piperidine rings is 1. The van der Waals surface area contributed by atoms with Crippen LogP contribution >= 0.6 is 12.4 Å². The number of hydrogen-bond acceptors (Lipinski definition) is 4. The molecule has 1 aliphatic heterocycles. The zero-order valence-corrected chi connectivity index (χ0v) is 17.3. The predicted molar refractivity (Wildman–Crippen MR) is 107 cm³/mol. The second-order valence-electron chi connectivity index (χ2n) is 7.09. The highest BCUT2D eigenvalue weighted by molar-refractivity contribution is 7.88. The summed E-state index contributed by atoms with van der Waals surface area (Å²) in [6, 6.07) is 7.56. The van der Waals surface area contributed by atoms with Gasteiger partial charge in [-0.3, -0.25) is 4.79 Å². The summed E-state index contributed by atoms with van der Waals surface area (Å²) in [4.78, 5) is 12.4. The van der Waals surface area contributed by atoms with Gasteiger partial charge in [0.25, 0.3) is 0 Å². The molecule has 26 heavy (non-hydrogen) atoms. The quantitative estimate of drug-likeness (QED) is 0.649. The van der Waals surface area contributed by atoms with Gasteiger partial charge in [0.05, 0.1) is 5.75 Å². The number of benzene rings is 1. The molecule has 6 nitrogen and oxygen atoms in total. The molecular formula is C18H30ClN3O3S. The maximum Gasteiger partial charge on any atom is 0.223 e. The van der Waals surface area contributed by atoms with E-state index in [0.717, 1.165) is 30.5 Å². The van der Waals surface area contributed by atoms with Crippen LogP contribution in [-0.4, -0.2) is 33.0 Å². The Bertz CT molecular complexity index is 695. The minimum atomic E-state index is -3.39. The van der Waals surface area contributed by atoms with E-state index in [9.17, 15) is 13.2 Å². The van der Waals surface area contributed by atoms with Gasteiger partial charge in [0.2, 0.25) is 15.9 Å². The van der Waals surface area contributed by atoms with E-state index in [1.807, 2.05) is 18.2 Å². The molecule has 2 rings (SSSR count). The van der Waals surface area contributed by atoms with Crippen molar-refractivity contribution in [3.05, 3.63) is 35.4 Å². The van der Waals surface area contributed by atoms with Crippen molar-refractivity contribution in [3.8, 4) is 0 Å². The Morgan fingerprint density at radius 3 is 2.54 bits per heavy atom. The first-order valence-corrected chi connectivity index (χ1v) is 10.5. The van der Waals surface area contributed by atoms with Crippen LogP contribution in [0.1, 0.15) is 44.7 Å². The zero-order valence-electron chi connectivity index (χ0n) is 15.6. The molecule has 1 aromatic rings. The fourth-order valence-corrected chi connectivity index (χ4v) is 4.67. The SMILES string of the molecule is CC(C)NS(=O)(=O)Cc1ccccc1CNC(=O)[C@H]1CCN[C@@H](C)C1.Cl. The topological polar surface area (TPSA) is 87.3 Å². The molecule has 0 radical (unpaired) electrons.